The molecule has 1 aliphatic heterocycles. The average molecular weight is 593 g/mol. The summed E-state index contributed by atoms with van der Waals surface area (Å²) in [6.45, 7) is -0.0436. The number of nitrogens with zero attached hydrogens (tertiary/aromatic N) is 1. The second kappa shape index (κ2) is 15.5. The quantitative estimate of drug-likeness (QED) is 0.231. The van der Waals surface area contributed by atoms with Crippen molar-refractivity contribution in [3.63, 3.8) is 0 Å². The first-order valence-electron chi connectivity index (χ1n) is 12.9. The molecule has 224 valence electrons. The summed E-state index contributed by atoms with van der Waals surface area (Å²) in [5.74, 6) is -0.635. The van der Waals surface area contributed by atoms with Gasteiger partial charge in [0.1, 0.15) is 5.75 Å². The Morgan fingerprint density at radius 1 is 1.02 bits per heavy atom. The van der Waals surface area contributed by atoms with Crippen LogP contribution in [0.25, 0.3) is 0 Å². The molecular weight excluding hydrogens is 556 g/mol. The number of rotatable bonds is 15. The molecular formula is C28H36N2O10S. The van der Waals surface area contributed by atoms with Crippen molar-refractivity contribution in [2.45, 2.75) is 23.5 Å². The van der Waals surface area contributed by atoms with Gasteiger partial charge in [0.05, 0.1) is 44.5 Å². The largest absolute Gasteiger partial charge is 0.497 e. The number of ether oxygens (including phenoxy) is 5. The molecule has 0 saturated carbocycles. The fourth-order valence-corrected chi connectivity index (χ4v) is 5.55. The number of hydrogen-bond donors (Lipinski definition) is 2. The molecule has 1 amide bonds. The zero-order valence-corrected chi connectivity index (χ0v) is 24.1. The number of allylic oxidation sites excluding steroid dienone is 1. The van der Waals surface area contributed by atoms with E-state index >= 15 is 0 Å². The highest BCUT2D eigenvalue weighted by atomic mass is 32.2. The Balaban J connectivity index is 1.73. The molecule has 1 aliphatic rings. The fourth-order valence-electron chi connectivity index (χ4n) is 4.14. The Morgan fingerprint density at radius 2 is 1.73 bits per heavy atom. The summed E-state index contributed by atoms with van der Waals surface area (Å²) < 4.78 is 54.1. The van der Waals surface area contributed by atoms with Gasteiger partial charge in [-0.25, -0.2) is 13.2 Å². The van der Waals surface area contributed by atoms with Gasteiger partial charge in [0.25, 0.3) is 5.91 Å². The van der Waals surface area contributed by atoms with E-state index < -0.39 is 28.2 Å². The number of sulfonamides is 1. The number of nitrogens with one attached hydrogen (secondary N) is 1. The van der Waals surface area contributed by atoms with Gasteiger partial charge in [-0.15, -0.1) is 0 Å². The van der Waals surface area contributed by atoms with Crippen LogP contribution in [0.1, 0.15) is 28.3 Å². The molecule has 2 atom stereocenters. The summed E-state index contributed by atoms with van der Waals surface area (Å²) in [6, 6.07) is 12.7. The molecule has 41 heavy (non-hydrogen) atoms. The number of esters is 1. The van der Waals surface area contributed by atoms with Gasteiger partial charge in [0.2, 0.25) is 16.3 Å². The lowest BCUT2D eigenvalue weighted by Crippen LogP contribution is -2.38. The summed E-state index contributed by atoms with van der Waals surface area (Å²) in [5, 5.41) is 12.2. The first kappa shape index (κ1) is 32.0. The molecule has 2 unspecified atom stereocenters. The summed E-state index contributed by atoms with van der Waals surface area (Å²) in [5.41, 5.74) is 1.21. The third-order valence-corrected chi connectivity index (χ3v) is 8.24. The number of benzene rings is 2. The van der Waals surface area contributed by atoms with E-state index in [0.29, 0.717) is 24.3 Å². The molecule has 13 heteroatoms. The first-order chi connectivity index (χ1) is 19.7. The van der Waals surface area contributed by atoms with Crippen LogP contribution in [0, 0.1) is 0 Å². The summed E-state index contributed by atoms with van der Waals surface area (Å²) in [4.78, 5) is 24.7. The second-order valence-electron chi connectivity index (χ2n) is 8.96. The maximum atomic E-state index is 13.2. The Kier molecular flexibility index (Phi) is 12.1. The fraction of sp³-hybridized carbons (Fsp3) is 0.429. The predicted molar refractivity (Wildman–Crippen MR) is 148 cm³/mol. The molecule has 2 aromatic rings. The van der Waals surface area contributed by atoms with E-state index in [9.17, 15) is 23.1 Å². The van der Waals surface area contributed by atoms with Crippen LogP contribution in [0.5, 0.6) is 5.75 Å². The summed E-state index contributed by atoms with van der Waals surface area (Å²) in [6.07, 6.45) is 1.15. The maximum Gasteiger partial charge on any atom is 0.337 e. The van der Waals surface area contributed by atoms with Crippen molar-refractivity contribution in [2.75, 3.05) is 60.8 Å². The summed E-state index contributed by atoms with van der Waals surface area (Å²) in [7, 11) is 0.387. The summed E-state index contributed by atoms with van der Waals surface area (Å²) >= 11 is 0. The zero-order valence-electron chi connectivity index (χ0n) is 23.3. The van der Waals surface area contributed by atoms with Crippen molar-refractivity contribution in [3.05, 3.63) is 71.5 Å². The number of aliphatic hydroxyl groups is 1. The Hall–Kier alpha value is -3.49. The Morgan fingerprint density at radius 3 is 2.34 bits per heavy atom. The lowest BCUT2D eigenvalue weighted by atomic mass is 9.92. The number of amides is 1. The van der Waals surface area contributed by atoms with Crippen LogP contribution < -0.4 is 10.1 Å². The van der Waals surface area contributed by atoms with Crippen molar-refractivity contribution >= 4 is 21.9 Å². The highest BCUT2D eigenvalue weighted by Gasteiger charge is 2.30. The highest BCUT2D eigenvalue weighted by Crippen LogP contribution is 2.32. The lowest BCUT2D eigenvalue weighted by molar-refractivity contribution is -0.146. The molecule has 2 N–H and O–H groups in total. The van der Waals surface area contributed by atoms with Gasteiger partial charge in [0.15, 0.2) is 5.76 Å². The van der Waals surface area contributed by atoms with E-state index in [1.807, 2.05) is 0 Å². The van der Waals surface area contributed by atoms with Crippen molar-refractivity contribution in [2.24, 2.45) is 0 Å². The molecule has 0 radical (unpaired) electrons. The van der Waals surface area contributed by atoms with Crippen molar-refractivity contribution in [3.8, 4) is 5.75 Å². The van der Waals surface area contributed by atoms with Gasteiger partial charge in [-0.05, 0) is 48.0 Å². The Bertz CT molecular complexity index is 1280. The van der Waals surface area contributed by atoms with Crippen LogP contribution >= 0.6 is 0 Å². The van der Waals surface area contributed by atoms with Crippen LogP contribution in [0.4, 0.5) is 0 Å². The predicted octanol–water partition coefficient (Wildman–Crippen LogP) is 1.66. The molecule has 3 rings (SSSR count). The van der Waals surface area contributed by atoms with Crippen LogP contribution in [0.2, 0.25) is 0 Å². The van der Waals surface area contributed by atoms with Crippen molar-refractivity contribution < 1.29 is 46.8 Å². The minimum Gasteiger partial charge on any atom is -0.497 e. The highest BCUT2D eigenvalue weighted by molar-refractivity contribution is 7.89. The monoisotopic (exact) mass is 592 g/mol. The van der Waals surface area contributed by atoms with Crippen LogP contribution in [0.15, 0.2) is 65.3 Å². The molecule has 12 nitrogen and oxygen atoms in total. The molecule has 0 fully saturated rings. The number of carbonyl (C=O) groups is 2. The standard InChI is InChI=1S/C28H36N2O10S/c1-36-16-12-29-27(32)25-18-22(20-4-6-21(7-5-20)28(33)38-3)19-26(40-25)39-17-14-30(13-15-31)41(34,35)24-10-8-23(37-2)9-11-24/h4-11,18,22,26,31H,12-17,19H2,1-3H3,(H,29,32). The first-order valence-corrected chi connectivity index (χ1v) is 14.4. The normalized spacial score (nSPS) is 17.0. The second-order valence-corrected chi connectivity index (χ2v) is 10.9. The minimum atomic E-state index is -3.92. The topological polar surface area (TPSA) is 150 Å². The molecule has 0 aliphatic carbocycles. The SMILES string of the molecule is COCCNC(=O)C1=CC(c2ccc(C(=O)OC)cc2)CC(OCCN(CCO)S(=O)(=O)c2ccc(OC)cc2)O1. The van der Waals surface area contributed by atoms with Crippen LogP contribution in [-0.2, 0) is 33.8 Å². The third-order valence-electron chi connectivity index (χ3n) is 6.32. The van der Waals surface area contributed by atoms with Crippen molar-refractivity contribution in [1.82, 2.24) is 9.62 Å². The third kappa shape index (κ3) is 8.75. The number of carbonyl (C=O) groups excluding carboxylic acids is 2. The van der Waals surface area contributed by atoms with Crippen LogP contribution in [-0.4, -0.2) is 96.8 Å². The number of hydrogen-bond acceptors (Lipinski definition) is 10. The average Bonchev–Trinajstić information content (AvgIpc) is 3.00. The van der Waals surface area contributed by atoms with E-state index in [-0.39, 0.29) is 49.4 Å². The molecule has 2 aromatic carbocycles. The maximum absolute atomic E-state index is 13.2. The van der Waals surface area contributed by atoms with E-state index in [0.717, 1.165) is 9.87 Å². The van der Waals surface area contributed by atoms with Gasteiger partial charge < -0.3 is 34.1 Å². The molecule has 0 saturated heterocycles. The molecule has 1 heterocycles. The number of aliphatic hydroxyl groups excluding tert-OH is 1. The lowest BCUT2D eigenvalue weighted by Gasteiger charge is -2.30. The zero-order chi connectivity index (χ0) is 29.8. The smallest absolute Gasteiger partial charge is 0.337 e. The van der Waals surface area contributed by atoms with Gasteiger partial charge in [0, 0.05) is 39.1 Å². The van der Waals surface area contributed by atoms with E-state index in [4.69, 9.17) is 23.7 Å². The Labute approximate surface area is 239 Å². The molecule has 0 spiro atoms. The van der Waals surface area contributed by atoms with Gasteiger partial charge in [-0.1, -0.05) is 12.1 Å². The van der Waals surface area contributed by atoms with Gasteiger partial charge in [-0.2, -0.15) is 4.31 Å². The van der Waals surface area contributed by atoms with E-state index in [1.54, 1.807) is 42.5 Å². The van der Waals surface area contributed by atoms with Gasteiger partial charge in [-0.3, -0.25) is 4.79 Å². The van der Waals surface area contributed by atoms with E-state index in [1.165, 1.54) is 33.5 Å². The van der Waals surface area contributed by atoms with Crippen LogP contribution in [0.3, 0.4) is 0 Å². The van der Waals surface area contributed by atoms with Crippen molar-refractivity contribution in [1.29, 1.82) is 0 Å². The number of methoxy groups -OCH3 is 3. The van der Waals surface area contributed by atoms with Gasteiger partial charge >= 0.3 is 5.97 Å². The minimum absolute atomic E-state index is 0.0501. The molecule has 0 aromatic heterocycles. The molecule has 0 bridgehead atoms. The van der Waals surface area contributed by atoms with E-state index in [2.05, 4.69) is 5.32 Å².